The number of nitrogens with zero attached hydrogens (tertiary/aromatic N) is 2. The lowest BCUT2D eigenvalue weighted by atomic mass is 10.4. The fourth-order valence-electron chi connectivity index (χ4n) is 1.50. The van der Waals surface area contributed by atoms with Gasteiger partial charge in [0.15, 0.2) is 0 Å². The summed E-state index contributed by atoms with van der Waals surface area (Å²) in [5, 5.41) is 7.00. The molecule has 0 amide bonds. The molecule has 0 aliphatic carbocycles. The lowest BCUT2D eigenvalue weighted by molar-refractivity contribution is 0.622. The largest absolute Gasteiger partial charge is 0.387 e. The van der Waals surface area contributed by atoms with E-state index in [0.29, 0.717) is 6.54 Å². The van der Waals surface area contributed by atoms with Gasteiger partial charge in [0.2, 0.25) is 0 Å². The minimum Gasteiger partial charge on any atom is -0.387 e. The van der Waals surface area contributed by atoms with Crippen molar-refractivity contribution in [1.29, 1.82) is 0 Å². The van der Waals surface area contributed by atoms with Crippen molar-refractivity contribution in [2.24, 2.45) is 0 Å². The van der Waals surface area contributed by atoms with Crippen LogP contribution < -0.4 is 10.9 Å². The van der Waals surface area contributed by atoms with E-state index in [9.17, 15) is 4.79 Å². The van der Waals surface area contributed by atoms with Crippen molar-refractivity contribution in [2.45, 2.75) is 11.4 Å². The van der Waals surface area contributed by atoms with E-state index in [1.165, 1.54) is 9.58 Å². The summed E-state index contributed by atoms with van der Waals surface area (Å²) < 4.78 is 1.48. The molecular weight excluding hydrogens is 246 g/mol. The Kier molecular flexibility index (Phi) is 4.41. The molecule has 0 unspecified atom stereocenters. The predicted molar refractivity (Wildman–Crippen MR) is 75.2 cm³/mol. The second-order valence-electron chi connectivity index (χ2n) is 3.72. The molecule has 0 spiro atoms. The van der Waals surface area contributed by atoms with E-state index in [0.717, 1.165) is 11.4 Å². The van der Waals surface area contributed by atoms with E-state index in [1.807, 2.05) is 18.2 Å². The molecule has 0 radical (unpaired) electrons. The Labute approximate surface area is 110 Å². The van der Waals surface area contributed by atoms with E-state index in [-0.39, 0.29) is 5.56 Å². The van der Waals surface area contributed by atoms with Gasteiger partial charge in [0.25, 0.3) is 5.56 Å². The van der Waals surface area contributed by atoms with Gasteiger partial charge in [-0.15, -0.1) is 11.8 Å². The van der Waals surface area contributed by atoms with Gasteiger partial charge in [-0.3, -0.25) is 4.79 Å². The van der Waals surface area contributed by atoms with Crippen LogP contribution in [0.1, 0.15) is 0 Å². The molecule has 1 heterocycles. The maximum atomic E-state index is 11.7. The molecule has 0 atom stereocenters. The lowest BCUT2D eigenvalue weighted by Gasteiger charge is -2.05. The van der Waals surface area contributed by atoms with Crippen LogP contribution >= 0.6 is 11.8 Å². The minimum atomic E-state index is -0.0736. The third kappa shape index (κ3) is 3.37. The first-order valence-electron chi connectivity index (χ1n) is 5.72. The molecule has 1 aromatic carbocycles. The number of thioether (sulfide) groups is 1. The van der Waals surface area contributed by atoms with Crippen LogP contribution in [-0.4, -0.2) is 22.6 Å². The fourth-order valence-corrected chi connectivity index (χ4v) is 2.35. The first-order chi connectivity index (χ1) is 8.79. The molecular formula is C13H15N3OS. The normalized spacial score (nSPS) is 10.3. The second-order valence-corrected chi connectivity index (χ2v) is 4.89. The highest BCUT2D eigenvalue weighted by Crippen LogP contribution is 2.16. The Hall–Kier alpha value is -1.75. The SMILES string of the molecule is CNc1cnn(CCSc2ccccc2)c(=O)c1. The highest BCUT2D eigenvalue weighted by Gasteiger charge is 1.99. The zero-order valence-electron chi connectivity index (χ0n) is 10.2. The molecule has 18 heavy (non-hydrogen) atoms. The Morgan fingerprint density at radius 1 is 1.33 bits per heavy atom. The molecule has 0 saturated heterocycles. The zero-order chi connectivity index (χ0) is 12.8. The second kappa shape index (κ2) is 6.26. The maximum Gasteiger partial charge on any atom is 0.268 e. The fraction of sp³-hybridized carbons (Fsp3) is 0.231. The Balaban J connectivity index is 1.93. The summed E-state index contributed by atoms with van der Waals surface area (Å²) in [4.78, 5) is 12.9. The molecule has 0 bridgehead atoms. The lowest BCUT2D eigenvalue weighted by Crippen LogP contribution is -2.23. The van der Waals surface area contributed by atoms with Gasteiger partial charge in [-0.1, -0.05) is 18.2 Å². The van der Waals surface area contributed by atoms with Crippen molar-refractivity contribution in [3.05, 3.63) is 52.9 Å². The molecule has 94 valence electrons. The molecule has 0 aliphatic heterocycles. The van der Waals surface area contributed by atoms with E-state index in [2.05, 4.69) is 22.5 Å². The molecule has 2 rings (SSSR count). The molecule has 0 fully saturated rings. The van der Waals surface area contributed by atoms with Crippen LogP contribution in [-0.2, 0) is 6.54 Å². The standard InChI is InChI=1S/C13H15N3OS/c1-14-11-9-13(17)16(15-10-11)7-8-18-12-5-3-2-4-6-12/h2-6,9-10,14H,7-8H2,1H3. The third-order valence-electron chi connectivity index (χ3n) is 2.47. The van der Waals surface area contributed by atoms with Crippen LogP contribution in [0.3, 0.4) is 0 Å². The Bertz CT molecular complexity index is 554. The molecule has 4 nitrogen and oxygen atoms in total. The first-order valence-corrected chi connectivity index (χ1v) is 6.71. The summed E-state index contributed by atoms with van der Waals surface area (Å²) in [6, 6.07) is 11.7. The first kappa shape index (κ1) is 12.7. The van der Waals surface area contributed by atoms with Crippen LogP contribution in [0.15, 0.2) is 52.3 Å². The predicted octanol–water partition coefficient (Wildman–Crippen LogP) is 2.08. The van der Waals surface area contributed by atoms with Crippen molar-refractivity contribution in [1.82, 2.24) is 9.78 Å². The number of nitrogens with one attached hydrogen (secondary N) is 1. The number of anilines is 1. The van der Waals surface area contributed by atoms with Gasteiger partial charge in [-0.2, -0.15) is 5.10 Å². The van der Waals surface area contributed by atoms with Crippen molar-refractivity contribution >= 4 is 17.4 Å². The zero-order valence-corrected chi connectivity index (χ0v) is 11.0. The smallest absolute Gasteiger partial charge is 0.268 e. The van der Waals surface area contributed by atoms with Gasteiger partial charge in [-0.25, -0.2) is 4.68 Å². The van der Waals surface area contributed by atoms with Gasteiger partial charge >= 0.3 is 0 Å². The van der Waals surface area contributed by atoms with Crippen LogP contribution in [0.4, 0.5) is 5.69 Å². The van der Waals surface area contributed by atoms with Crippen LogP contribution in [0, 0.1) is 0 Å². The third-order valence-corrected chi connectivity index (χ3v) is 3.47. The number of benzene rings is 1. The van der Waals surface area contributed by atoms with Crippen molar-refractivity contribution in [3.8, 4) is 0 Å². The monoisotopic (exact) mass is 261 g/mol. The van der Waals surface area contributed by atoms with Crippen molar-refractivity contribution in [3.63, 3.8) is 0 Å². The molecule has 0 saturated carbocycles. The highest BCUT2D eigenvalue weighted by atomic mass is 32.2. The topological polar surface area (TPSA) is 46.9 Å². The minimum absolute atomic E-state index is 0.0736. The summed E-state index contributed by atoms with van der Waals surface area (Å²) in [5.74, 6) is 0.829. The van der Waals surface area contributed by atoms with Crippen molar-refractivity contribution < 1.29 is 0 Å². The number of aryl methyl sites for hydroxylation is 1. The van der Waals surface area contributed by atoms with Gasteiger partial charge < -0.3 is 5.32 Å². The molecule has 1 N–H and O–H groups in total. The van der Waals surface area contributed by atoms with Gasteiger partial charge in [0.05, 0.1) is 18.4 Å². The van der Waals surface area contributed by atoms with Crippen LogP contribution in [0.2, 0.25) is 0 Å². The van der Waals surface area contributed by atoms with E-state index in [4.69, 9.17) is 0 Å². The number of aromatic nitrogens is 2. The molecule has 1 aromatic heterocycles. The summed E-state index contributed by atoms with van der Waals surface area (Å²) in [6.45, 7) is 0.613. The summed E-state index contributed by atoms with van der Waals surface area (Å²) in [5.41, 5.74) is 0.669. The van der Waals surface area contributed by atoms with Crippen LogP contribution in [0.5, 0.6) is 0 Å². The molecule has 2 aromatic rings. The number of rotatable bonds is 5. The quantitative estimate of drug-likeness (QED) is 0.837. The van der Waals surface area contributed by atoms with E-state index in [1.54, 1.807) is 31.1 Å². The average Bonchev–Trinajstić information content (AvgIpc) is 2.42. The highest BCUT2D eigenvalue weighted by molar-refractivity contribution is 7.99. The summed E-state index contributed by atoms with van der Waals surface area (Å²) in [7, 11) is 1.77. The van der Waals surface area contributed by atoms with E-state index < -0.39 is 0 Å². The van der Waals surface area contributed by atoms with E-state index >= 15 is 0 Å². The summed E-state index contributed by atoms with van der Waals surface area (Å²) in [6.07, 6.45) is 1.66. The molecule has 0 aliphatic rings. The number of hydrogen-bond donors (Lipinski definition) is 1. The number of hydrogen-bond acceptors (Lipinski definition) is 4. The Morgan fingerprint density at radius 2 is 2.11 bits per heavy atom. The van der Waals surface area contributed by atoms with Gasteiger partial charge in [0.1, 0.15) is 0 Å². The van der Waals surface area contributed by atoms with Gasteiger partial charge in [0, 0.05) is 23.8 Å². The average molecular weight is 261 g/mol. The summed E-state index contributed by atoms with van der Waals surface area (Å²) >= 11 is 1.72. The maximum absolute atomic E-state index is 11.7. The van der Waals surface area contributed by atoms with Crippen molar-refractivity contribution in [2.75, 3.05) is 18.1 Å². The molecule has 5 heteroatoms. The van der Waals surface area contributed by atoms with Gasteiger partial charge in [-0.05, 0) is 12.1 Å². The Morgan fingerprint density at radius 3 is 2.78 bits per heavy atom. The van der Waals surface area contributed by atoms with Crippen LogP contribution in [0.25, 0.3) is 0 Å².